The fourth-order valence-electron chi connectivity index (χ4n) is 1.09. The van der Waals surface area contributed by atoms with Crippen LogP contribution in [0, 0.1) is 6.92 Å². The topological polar surface area (TPSA) is 42.9 Å². The molecule has 0 atom stereocenters. The molecule has 0 spiro atoms. The van der Waals surface area contributed by atoms with Gasteiger partial charge in [-0.3, -0.25) is 4.79 Å². The fraction of sp³-hybridized carbons (Fsp3) is 0.125. The van der Waals surface area contributed by atoms with Crippen LogP contribution in [-0.2, 0) is 0 Å². The van der Waals surface area contributed by atoms with Gasteiger partial charge in [-0.05, 0) is 29.9 Å². The Kier molecular flexibility index (Phi) is 2.20. The van der Waals surface area contributed by atoms with E-state index < -0.39 is 0 Å². The second-order valence-corrected chi connectivity index (χ2v) is 4.40. The number of carbonyl (C=O) groups excluding carboxylic acids is 1. The molecule has 0 aromatic carbocycles. The van der Waals surface area contributed by atoms with Crippen molar-refractivity contribution in [3.05, 3.63) is 21.2 Å². The zero-order valence-corrected chi connectivity index (χ0v) is 8.48. The number of carbonyl (C=O) groups is 1. The molecule has 0 aliphatic rings. The Balaban J connectivity index is 2.58. The average Bonchev–Trinajstić information content (AvgIpc) is 2.71. The van der Waals surface area contributed by atoms with Crippen molar-refractivity contribution in [2.24, 2.45) is 0 Å². The highest BCUT2D eigenvalue weighted by molar-refractivity contribution is 7.12. The van der Waals surface area contributed by atoms with Crippen molar-refractivity contribution < 1.29 is 4.79 Å². The number of rotatable bonds is 2. The molecule has 2 aromatic rings. The molecule has 3 nitrogen and oxygen atoms in total. The van der Waals surface area contributed by atoms with E-state index in [0.717, 1.165) is 27.3 Å². The lowest BCUT2D eigenvalue weighted by Gasteiger charge is -1.92. The van der Waals surface area contributed by atoms with Crippen LogP contribution in [-0.4, -0.2) is 15.9 Å². The van der Waals surface area contributed by atoms with Gasteiger partial charge in [-0.15, -0.1) is 16.4 Å². The lowest BCUT2D eigenvalue weighted by molar-refractivity contribution is 0.112. The Hall–Kier alpha value is -1.07. The van der Waals surface area contributed by atoms with Crippen molar-refractivity contribution >= 4 is 29.2 Å². The summed E-state index contributed by atoms with van der Waals surface area (Å²) in [4.78, 5) is 12.4. The summed E-state index contributed by atoms with van der Waals surface area (Å²) in [5, 5.41) is 5.87. The summed E-state index contributed by atoms with van der Waals surface area (Å²) in [6.45, 7) is 1.95. The van der Waals surface area contributed by atoms with Crippen LogP contribution in [0.5, 0.6) is 0 Å². The number of aromatic nitrogens is 2. The highest BCUT2D eigenvalue weighted by Gasteiger charge is 2.11. The SMILES string of the molecule is Cc1snnc1-c1ccsc1C=O. The predicted molar refractivity (Wildman–Crippen MR) is 53.3 cm³/mol. The molecule has 2 aromatic heterocycles. The zero-order chi connectivity index (χ0) is 9.26. The van der Waals surface area contributed by atoms with Gasteiger partial charge in [0.25, 0.3) is 0 Å². The number of hydrogen-bond donors (Lipinski definition) is 0. The van der Waals surface area contributed by atoms with Crippen molar-refractivity contribution in [2.75, 3.05) is 0 Å². The molecular weight excluding hydrogens is 204 g/mol. The van der Waals surface area contributed by atoms with Gasteiger partial charge >= 0.3 is 0 Å². The fourth-order valence-corrected chi connectivity index (χ4v) is 2.27. The molecule has 66 valence electrons. The molecule has 2 rings (SSSR count). The van der Waals surface area contributed by atoms with Crippen LogP contribution in [0.15, 0.2) is 11.4 Å². The standard InChI is InChI=1S/C8H6N2OS2/c1-5-8(9-10-13-5)6-2-3-12-7(6)4-11/h2-4H,1H3. The van der Waals surface area contributed by atoms with Crippen LogP contribution >= 0.6 is 22.9 Å². The van der Waals surface area contributed by atoms with Crippen molar-refractivity contribution in [1.82, 2.24) is 9.59 Å². The van der Waals surface area contributed by atoms with E-state index in [1.54, 1.807) is 0 Å². The van der Waals surface area contributed by atoms with E-state index in [-0.39, 0.29) is 0 Å². The minimum Gasteiger partial charge on any atom is -0.297 e. The first-order valence-corrected chi connectivity index (χ1v) is 5.30. The third-order valence-electron chi connectivity index (χ3n) is 1.71. The molecule has 0 fully saturated rings. The first-order valence-electron chi connectivity index (χ1n) is 3.65. The van der Waals surface area contributed by atoms with E-state index in [1.807, 2.05) is 18.4 Å². The zero-order valence-electron chi connectivity index (χ0n) is 6.85. The van der Waals surface area contributed by atoms with Gasteiger partial charge in [0, 0.05) is 5.56 Å². The molecule has 0 bridgehead atoms. The Bertz CT molecular complexity index is 433. The molecule has 0 saturated heterocycles. The molecule has 13 heavy (non-hydrogen) atoms. The second-order valence-electron chi connectivity index (χ2n) is 2.49. The highest BCUT2D eigenvalue weighted by Crippen LogP contribution is 2.28. The van der Waals surface area contributed by atoms with E-state index in [9.17, 15) is 4.79 Å². The number of aldehydes is 1. The third-order valence-corrected chi connectivity index (χ3v) is 3.18. The summed E-state index contributed by atoms with van der Waals surface area (Å²) >= 11 is 2.77. The summed E-state index contributed by atoms with van der Waals surface area (Å²) in [5.41, 5.74) is 1.72. The van der Waals surface area contributed by atoms with Crippen molar-refractivity contribution in [1.29, 1.82) is 0 Å². The van der Waals surface area contributed by atoms with E-state index >= 15 is 0 Å². The number of nitrogens with zero attached hydrogens (tertiary/aromatic N) is 2. The van der Waals surface area contributed by atoms with E-state index in [4.69, 9.17) is 0 Å². The van der Waals surface area contributed by atoms with Crippen LogP contribution in [0.1, 0.15) is 14.5 Å². The first kappa shape index (κ1) is 8.52. The minimum atomic E-state index is 0.718. The summed E-state index contributed by atoms with van der Waals surface area (Å²) in [6, 6.07) is 1.90. The molecule has 0 radical (unpaired) electrons. The van der Waals surface area contributed by atoms with Crippen molar-refractivity contribution in [2.45, 2.75) is 6.92 Å². The highest BCUT2D eigenvalue weighted by atomic mass is 32.1. The van der Waals surface area contributed by atoms with Gasteiger partial charge in [0.05, 0.1) is 9.75 Å². The molecule has 0 aliphatic heterocycles. The average molecular weight is 210 g/mol. The van der Waals surface area contributed by atoms with Gasteiger partial charge in [0.1, 0.15) is 5.69 Å². The molecule has 0 aliphatic carbocycles. The quantitative estimate of drug-likeness (QED) is 0.715. The molecule has 0 N–H and O–H groups in total. The maximum absolute atomic E-state index is 10.7. The van der Waals surface area contributed by atoms with E-state index in [1.165, 1.54) is 22.9 Å². The number of hydrogen-bond acceptors (Lipinski definition) is 5. The van der Waals surface area contributed by atoms with E-state index in [0.29, 0.717) is 0 Å². The molecule has 0 unspecified atom stereocenters. The monoisotopic (exact) mass is 210 g/mol. The third kappa shape index (κ3) is 1.40. The summed E-state index contributed by atoms with van der Waals surface area (Å²) in [5.74, 6) is 0. The Labute approximate surface area is 83.2 Å². The summed E-state index contributed by atoms with van der Waals surface area (Å²) in [7, 11) is 0. The molecule has 5 heteroatoms. The minimum absolute atomic E-state index is 0.718. The maximum Gasteiger partial charge on any atom is 0.160 e. The van der Waals surface area contributed by atoms with Crippen LogP contribution in [0.4, 0.5) is 0 Å². The van der Waals surface area contributed by atoms with Crippen LogP contribution < -0.4 is 0 Å². The smallest absolute Gasteiger partial charge is 0.160 e. The normalized spacial score (nSPS) is 10.2. The van der Waals surface area contributed by atoms with Gasteiger partial charge in [-0.1, -0.05) is 4.49 Å². The van der Waals surface area contributed by atoms with Crippen LogP contribution in [0.2, 0.25) is 0 Å². The largest absolute Gasteiger partial charge is 0.297 e. The molecule has 0 amide bonds. The lowest BCUT2D eigenvalue weighted by Crippen LogP contribution is -1.82. The first-order chi connectivity index (χ1) is 6.33. The Morgan fingerprint density at radius 2 is 2.38 bits per heavy atom. The lowest BCUT2D eigenvalue weighted by atomic mass is 10.2. The Morgan fingerprint density at radius 1 is 1.54 bits per heavy atom. The van der Waals surface area contributed by atoms with Gasteiger partial charge in [-0.25, -0.2) is 0 Å². The van der Waals surface area contributed by atoms with Gasteiger partial charge in [0.2, 0.25) is 0 Å². The van der Waals surface area contributed by atoms with Crippen LogP contribution in [0.3, 0.4) is 0 Å². The summed E-state index contributed by atoms with van der Waals surface area (Å²) in [6.07, 6.45) is 0.860. The van der Waals surface area contributed by atoms with Crippen molar-refractivity contribution in [3.63, 3.8) is 0 Å². The second kappa shape index (κ2) is 3.35. The van der Waals surface area contributed by atoms with Gasteiger partial charge in [-0.2, -0.15) is 0 Å². The Morgan fingerprint density at radius 3 is 3.00 bits per heavy atom. The molecular formula is C8H6N2OS2. The van der Waals surface area contributed by atoms with Crippen LogP contribution in [0.25, 0.3) is 11.3 Å². The summed E-state index contributed by atoms with van der Waals surface area (Å²) < 4.78 is 3.83. The number of aryl methyl sites for hydroxylation is 1. The number of thiophene rings is 1. The molecule has 0 saturated carbocycles. The molecule has 2 heterocycles. The van der Waals surface area contributed by atoms with Gasteiger partial charge < -0.3 is 0 Å². The predicted octanol–water partition coefficient (Wildman–Crippen LogP) is 2.39. The van der Waals surface area contributed by atoms with Gasteiger partial charge in [0.15, 0.2) is 6.29 Å². The van der Waals surface area contributed by atoms with Crippen molar-refractivity contribution in [3.8, 4) is 11.3 Å². The maximum atomic E-state index is 10.7. The van der Waals surface area contributed by atoms with E-state index in [2.05, 4.69) is 9.59 Å².